The maximum atomic E-state index is 14.2. The third-order valence-corrected chi connectivity index (χ3v) is 4.34. The Morgan fingerprint density at radius 2 is 1.96 bits per heavy atom. The minimum atomic E-state index is -4.57. The van der Waals surface area contributed by atoms with Crippen molar-refractivity contribution in [2.75, 3.05) is 0 Å². The van der Waals surface area contributed by atoms with Crippen LogP contribution in [-0.2, 0) is 12.7 Å². The van der Waals surface area contributed by atoms with Gasteiger partial charge in [-0.15, -0.1) is 0 Å². The van der Waals surface area contributed by atoms with Crippen LogP contribution < -0.4 is 5.73 Å². The van der Waals surface area contributed by atoms with E-state index in [4.69, 9.17) is 5.73 Å². The quantitative estimate of drug-likeness (QED) is 0.836. The lowest BCUT2D eigenvalue weighted by Crippen LogP contribution is -2.13. The number of aromatic nitrogens is 1. The molecule has 0 atom stereocenters. The van der Waals surface area contributed by atoms with Crippen LogP contribution in [0, 0.1) is 18.7 Å². The van der Waals surface area contributed by atoms with Gasteiger partial charge < -0.3 is 10.3 Å². The molecule has 24 heavy (non-hydrogen) atoms. The molecule has 1 amide bonds. The van der Waals surface area contributed by atoms with Gasteiger partial charge in [-0.05, 0) is 49.9 Å². The Morgan fingerprint density at radius 1 is 1.29 bits per heavy atom. The lowest BCUT2D eigenvalue weighted by molar-refractivity contribution is -0.137. The second-order valence-electron chi connectivity index (χ2n) is 6.14. The molecule has 128 valence electrons. The summed E-state index contributed by atoms with van der Waals surface area (Å²) in [6, 6.07) is 3.65. The topological polar surface area (TPSA) is 48.0 Å². The monoisotopic (exact) mass is 340 g/mol. The van der Waals surface area contributed by atoms with Crippen LogP contribution in [0.15, 0.2) is 24.3 Å². The summed E-state index contributed by atoms with van der Waals surface area (Å²) in [6.45, 7) is 2.20. The zero-order valence-electron chi connectivity index (χ0n) is 13.0. The number of hydrogen-bond donors (Lipinski definition) is 1. The summed E-state index contributed by atoms with van der Waals surface area (Å²) in [5, 5.41) is 0. The Labute approximate surface area is 136 Å². The second kappa shape index (κ2) is 5.65. The Bertz CT molecular complexity index is 804. The maximum Gasteiger partial charge on any atom is 0.416 e. The molecule has 0 bridgehead atoms. The fourth-order valence-corrected chi connectivity index (χ4v) is 2.81. The molecule has 0 unspecified atom stereocenters. The molecule has 1 aromatic heterocycles. The van der Waals surface area contributed by atoms with E-state index in [-0.39, 0.29) is 16.8 Å². The molecule has 1 aromatic carbocycles. The predicted molar refractivity (Wildman–Crippen MR) is 80.8 cm³/mol. The molecule has 1 saturated carbocycles. The van der Waals surface area contributed by atoms with Crippen molar-refractivity contribution >= 4 is 5.91 Å². The van der Waals surface area contributed by atoms with Crippen LogP contribution >= 0.6 is 0 Å². The number of alkyl halides is 3. The molecular formula is C17H16F4N2O. The summed E-state index contributed by atoms with van der Waals surface area (Å²) < 4.78 is 54.7. The van der Waals surface area contributed by atoms with Gasteiger partial charge in [0.1, 0.15) is 5.82 Å². The molecule has 0 saturated heterocycles. The minimum Gasteiger partial charge on any atom is -0.366 e. The normalized spacial score (nSPS) is 14.9. The second-order valence-corrected chi connectivity index (χ2v) is 6.14. The smallest absolute Gasteiger partial charge is 0.366 e. The number of amides is 1. The van der Waals surface area contributed by atoms with Crippen molar-refractivity contribution in [3.63, 3.8) is 0 Å². The molecule has 1 fully saturated rings. The van der Waals surface area contributed by atoms with Crippen molar-refractivity contribution in [3.8, 4) is 11.3 Å². The predicted octanol–water partition coefficient (Wildman–Crippen LogP) is 4.13. The lowest BCUT2D eigenvalue weighted by Gasteiger charge is -2.14. The average molecular weight is 340 g/mol. The molecule has 2 N–H and O–H groups in total. The van der Waals surface area contributed by atoms with Gasteiger partial charge in [-0.3, -0.25) is 4.79 Å². The van der Waals surface area contributed by atoms with E-state index >= 15 is 0 Å². The highest BCUT2D eigenvalue weighted by Crippen LogP contribution is 2.37. The number of nitrogens with two attached hydrogens (primary N) is 1. The fraction of sp³-hybridized carbons (Fsp3) is 0.353. The summed E-state index contributed by atoms with van der Waals surface area (Å²) in [4.78, 5) is 11.6. The minimum absolute atomic E-state index is 0.180. The lowest BCUT2D eigenvalue weighted by atomic mass is 10.1. The van der Waals surface area contributed by atoms with Crippen LogP contribution in [-0.4, -0.2) is 10.5 Å². The van der Waals surface area contributed by atoms with E-state index in [1.54, 1.807) is 11.5 Å². The number of primary amides is 1. The summed E-state index contributed by atoms with van der Waals surface area (Å²) in [7, 11) is 0. The highest BCUT2D eigenvalue weighted by Gasteiger charge is 2.32. The first kappa shape index (κ1) is 16.5. The summed E-state index contributed by atoms with van der Waals surface area (Å²) >= 11 is 0. The molecule has 2 aromatic rings. The van der Waals surface area contributed by atoms with E-state index in [0.717, 1.165) is 25.0 Å². The zero-order valence-corrected chi connectivity index (χ0v) is 13.0. The average Bonchev–Trinajstić information content (AvgIpc) is 3.23. The third-order valence-electron chi connectivity index (χ3n) is 4.34. The van der Waals surface area contributed by atoms with Crippen molar-refractivity contribution in [1.82, 2.24) is 4.57 Å². The van der Waals surface area contributed by atoms with Crippen LogP contribution in [0.3, 0.4) is 0 Å². The standard InChI is InChI=1S/C17H16F4N2O/c1-9-12(16(22)24)7-15(23(9)8-10-2-3-10)13-6-11(17(19,20)21)4-5-14(13)18/h4-7,10H,2-3,8H2,1H3,(H2,22,24). The highest BCUT2D eigenvalue weighted by molar-refractivity contribution is 5.95. The first-order valence-corrected chi connectivity index (χ1v) is 7.55. The van der Waals surface area contributed by atoms with Gasteiger partial charge in [0, 0.05) is 17.8 Å². The van der Waals surface area contributed by atoms with Crippen LogP contribution in [0.4, 0.5) is 17.6 Å². The number of carbonyl (C=O) groups is 1. The van der Waals surface area contributed by atoms with Crippen molar-refractivity contribution in [1.29, 1.82) is 0 Å². The number of carbonyl (C=O) groups excluding carboxylic acids is 1. The molecule has 1 aliphatic rings. The molecule has 0 spiro atoms. The zero-order chi connectivity index (χ0) is 17.6. The van der Waals surface area contributed by atoms with E-state index in [1.807, 2.05) is 0 Å². The van der Waals surface area contributed by atoms with Gasteiger partial charge >= 0.3 is 6.18 Å². The van der Waals surface area contributed by atoms with Gasteiger partial charge in [-0.25, -0.2) is 4.39 Å². The van der Waals surface area contributed by atoms with Crippen molar-refractivity contribution in [3.05, 3.63) is 46.9 Å². The molecule has 1 aliphatic carbocycles. The largest absolute Gasteiger partial charge is 0.416 e. The number of benzene rings is 1. The molecule has 7 heteroatoms. The van der Waals surface area contributed by atoms with E-state index in [1.165, 1.54) is 6.07 Å². The molecule has 0 radical (unpaired) electrons. The maximum absolute atomic E-state index is 14.2. The molecule has 3 rings (SSSR count). The van der Waals surface area contributed by atoms with Crippen molar-refractivity contribution < 1.29 is 22.4 Å². The number of nitrogens with zero attached hydrogens (tertiary/aromatic N) is 1. The van der Waals surface area contributed by atoms with Crippen LogP contribution in [0.1, 0.15) is 34.5 Å². The van der Waals surface area contributed by atoms with Crippen molar-refractivity contribution in [2.45, 2.75) is 32.5 Å². The Morgan fingerprint density at radius 3 is 2.50 bits per heavy atom. The van der Waals surface area contributed by atoms with Gasteiger partial charge in [-0.1, -0.05) is 0 Å². The fourth-order valence-electron chi connectivity index (χ4n) is 2.81. The molecular weight excluding hydrogens is 324 g/mol. The number of rotatable bonds is 4. The van der Waals surface area contributed by atoms with Crippen molar-refractivity contribution in [2.24, 2.45) is 11.7 Å². The van der Waals surface area contributed by atoms with E-state index in [9.17, 15) is 22.4 Å². The number of hydrogen-bond acceptors (Lipinski definition) is 1. The Balaban J connectivity index is 2.17. The first-order chi connectivity index (χ1) is 11.2. The Kier molecular flexibility index (Phi) is 3.89. The summed E-state index contributed by atoms with van der Waals surface area (Å²) in [6.07, 6.45) is -2.56. The van der Waals surface area contributed by atoms with Gasteiger partial charge in [-0.2, -0.15) is 13.2 Å². The summed E-state index contributed by atoms with van der Waals surface area (Å²) in [5.41, 5.74) is 5.21. The van der Waals surface area contributed by atoms with E-state index in [2.05, 4.69) is 0 Å². The van der Waals surface area contributed by atoms with Gasteiger partial charge in [0.25, 0.3) is 5.91 Å². The van der Waals surface area contributed by atoms with Gasteiger partial charge in [0.05, 0.1) is 16.8 Å². The molecule has 0 aliphatic heterocycles. The van der Waals surface area contributed by atoms with Gasteiger partial charge in [0.15, 0.2) is 0 Å². The third kappa shape index (κ3) is 3.02. The SMILES string of the molecule is Cc1c(C(N)=O)cc(-c2cc(C(F)(F)F)ccc2F)n1CC1CC1. The summed E-state index contributed by atoms with van der Waals surface area (Å²) in [5.74, 6) is -1.06. The molecule has 3 nitrogen and oxygen atoms in total. The molecule has 1 heterocycles. The number of halogens is 4. The van der Waals surface area contributed by atoms with E-state index in [0.29, 0.717) is 24.2 Å². The first-order valence-electron chi connectivity index (χ1n) is 7.55. The van der Waals surface area contributed by atoms with Crippen LogP contribution in [0.5, 0.6) is 0 Å². The van der Waals surface area contributed by atoms with Gasteiger partial charge in [0.2, 0.25) is 0 Å². The van der Waals surface area contributed by atoms with Crippen LogP contribution in [0.25, 0.3) is 11.3 Å². The Hall–Kier alpha value is -2.31. The van der Waals surface area contributed by atoms with Crippen LogP contribution in [0.2, 0.25) is 0 Å². The van der Waals surface area contributed by atoms with E-state index < -0.39 is 23.5 Å². The highest BCUT2D eigenvalue weighted by atomic mass is 19.4.